The maximum Gasteiger partial charge on any atom is 0.433 e. The largest absolute Gasteiger partial charge is 0.433 e. The zero-order valence-corrected chi connectivity index (χ0v) is 15.6. The lowest BCUT2D eigenvalue weighted by Gasteiger charge is -2.30. The lowest BCUT2D eigenvalue weighted by atomic mass is 10.4. The summed E-state index contributed by atoms with van der Waals surface area (Å²) in [5, 5.41) is 14.7. The van der Waals surface area contributed by atoms with E-state index in [2.05, 4.69) is 25.5 Å². The standard InChI is InChI=1S/C16H20N8O5/c25-24(26)13-2-1-12(29-13)11-17-21-14-18-15(22-3-7-27-8-4-22)20-16(19-14)23-5-9-28-10-6-23/h1-2,11H,3-10H2,(H,18,19,20,21)/b17-11+. The second-order valence-corrected chi connectivity index (χ2v) is 6.26. The number of hydrazone groups is 1. The van der Waals surface area contributed by atoms with Crippen LogP contribution in [0.5, 0.6) is 0 Å². The van der Waals surface area contributed by atoms with Gasteiger partial charge in [-0.25, -0.2) is 5.43 Å². The van der Waals surface area contributed by atoms with Gasteiger partial charge in [0.2, 0.25) is 17.8 Å². The van der Waals surface area contributed by atoms with Crippen molar-refractivity contribution >= 4 is 29.9 Å². The average molecular weight is 404 g/mol. The molecule has 0 aromatic carbocycles. The van der Waals surface area contributed by atoms with Crippen LogP contribution < -0.4 is 15.2 Å². The van der Waals surface area contributed by atoms with E-state index in [-0.39, 0.29) is 17.6 Å². The third kappa shape index (κ3) is 4.75. The fourth-order valence-electron chi connectivity index (χ4n) is 2.88. The van der Waals surface area contributed by atoms with Crippen LogP contribution in [0.3, 0.4) is 0 Å². The topological polar surface area (TPSA) is 144 Å². The number of nitrogens with zero attached hydrogens (tertiary/aromatic N) is 7. The first-order chi connectivity index (χ1) is 14.2. The molecule has 2 aliphatic rings. The minimum atomic E-state index is -0.611. The Labute approximate surface area is 165 Å². The molecule has 4 heterocycles. The van der Waals surface area contributed by atoms with Crippen molar-refractivity contribution < 1.29 is 18.8 Å². The Morgan fingerprint density at radius 3 is 2.10 bits per heavy atom. The van der Waals surface area contributed by atoms with E-state index in [1.165, 1.54) is 18.3 Å². The van der Waals surface area contributed by atoms with E-state index >= 15 is 0 Å². The van der Waals surface area contributed by atoms with Crippen LogP contribution in [0.25, 0.3) is 0 Å². The average Bonchev–Trinajstić information content (AvgIpc) is 3.24. The first-order valence-electron chi connectivity index (χ1n) is 9.14. The predicted octanol–water partition coefficient (Wildman–Crippen LogP) is 0.492. The van der Waals surface area contributed by atoms with E-state index < -0.39 is 4.92 Å². The fourth-order valence-corrected chi connectivity index (χ4v) is 2.88. The SMILES string of the molecule is O=[N+]([O-])c1ccc(/C=N/Nc2nc(N3CCOCC3)nc(N3CCOCC3)n2)o1. The highest BCUT2D eigenvalue weighted by Crippen LogP contribution is 2.19. The molecular weight excluding hydrogens is 384 g/mol. The molecule has 0 amide bonds. The van der Waals surface area contributed by atoms with E-state index in [0.717, 1.165) is 0 Å². The monoisotopic (exact) mass is 404 g/mol. The highest BCUT2D eigenvalue weighted by molar-refractivity contribution is 5.76. The number of nitro groups is 1. The molecule has 0 bridgehead atoms. The first-order valence-corrected chi connectivity index (χ1v) is 9.14. The van der Waals surface area contributed by atoms with Crippen LogP contribution in [-0.4, -0.2) is 78.7 Å². The summed E-state index contributed by atoms with van der Waals surface area (Å²) in [6, 6.07) is 2.71. The van der Waals surface area contributed by atoms with Crippen LogP contribution in [-0.2, 0) is 9.47 Å². The zero-order chi connectivity index (χ0) is 20.1. The van der Waals surface area contributed by atoms with Crippen LogP contribution >= 0.6 is 0 Å². The number of ether oxygens (including phenoxy) is 2. The summed E-state index contributed by atoms with van der Waals surface area (Å²) < 4.78 is 15.8. The summed E-state index contributed by atoms with van der Waals surface area (Å²) >= 11 is 0. The summed E-state index contributed by atoms with van der Waals surface area (Å²) in [5.41, 5.74) is 2.75. The zero-order valence-electron chi connectivity index (χ0n) is 15.6. The Hall–Kier alpha value is -3.32. The van der Waals surface area contributed by atoms with Gasteiger partial charge in [0.1, 0.15) is 4.92 Å². The van der Waals surface area contributed by atoms with Crippen molar-refractivity contribution in [1.29, 1.82) is 0 Å². The van der Waals surface area contributed by atoms with Gasteiger partial charge in [-0.3, -0.25) is 10.1 Å². The number of anilines is 3. The Morgan fingerprint density at radius 2 is 1.59 bits per heavy atom. The van der Waals surface area contributed by atoms with Gasteiger partial charge in [0, 0.05) is 26.2 Å². The minimum absolute atomic E-state index is 0.236. The third-order valence-electron chi connectivity index (χ3n) is 4.35. The molecule has 2 fully saturated rings. The molecule has 154 valence electrons. The number of hydrogen-bond donors (Lipinski definition) is 1. The molecule has 0 radical (unpaired) electrons. The molecule has 29 heavy (non-hydrogen) atoms. The van der Waals surface area contributed by atoms with Crippen LogP contribution in [0.15, 0.2) is 21.7 Å². The van der Waals surface area contributed by atoms with Crippen molar-refractivity contribution in [1.82, 2.24) is 15.0 Å². The molecule has 2 aromatic rings. The van der Waals surface area contributed by atoms with E-state index in [9.17, 15) is 10.1 Å². The number of rotatable bonds is 6. The maximum absolute atomic E-state index is 10.7. The van der Waals surface area contributed by atoms with Crippen molar-refractivity contribution in [2.45, 2.75) is 0 Å². The van der Waals surface area contributed by atoms with Crippen LogP contribution in [0.1, 0.15) is 5.76 Å². The summed E-state index contributed by atoms with van der Waals surface area (Å²) in [5.74, 6) is 1.23. The number of morpholine rings is 2. The summed E-state index contributed by atoms with van der Waals surface area (Å²) in [6.45, 7) is 5.17. The van der Waals surface area contributed by atoms with Crippen LogP contribution in [0.2, 0.25) is 0 Å². The van der Waals surface area contributed by atoms with Gasteiger partial charge in [-0.1, -0.05) is 0 Å². The van der Waals surface area contributed by atoms with Gasteiger partial charge >= 0.3 is 5.88 Å². The molecule has 2 aromatic heterocycles. The number of aromatic nitrogens is 3. The van der Waals surface area contributed by atoms with Gasteiger partial charge in [0.25, 0.3) is 0 Å². The van der Waals surface area contributed by atoms with Crippen molar-refractivity contribution in [2.75, 3.05) is 67.8 Å². The third-order valence-corrected chi connectivity index (χ3v) is 4.35. The number of furan rings is 1. The molecule has 2 saturated heterocycles. The minimum Gasteiger partial charge on any atom is -0.400 e. The van der Waals surface area contributed by atoms with Gasteiger partial charge in [0.05, 0.1) is 38.7 Å². The molecule has 13 nitrogen and oxygen atoms in total. The molecule has 2 aliphatic heterocycles. The summed E-state index contributed by atoms with van der Waals surface area (Å²) in [7, 11) is 0. The molecule has 1 N–H and O–H groups in total. The maximum atomic E-state index is 10.7. The second-order valence-electron chi connectivity index (χ2n) is 6.26. The molecule has 0 spiro atoms. The van der Waals surface area contributed by atoms with Crippen LogP contribution in [0.4, 0.5) is 23.7 Å². The smallest absolute Gasteiger partial charge is 0.400 e. The van der Waals surface area contributed by atoms with Crippen molar-refractivity contribution in [3.8, 4) is 0 Å². The van der Waals surface area contributed by atoms with E-state index in [1.807, 2.05) is 9.80 Å². The normalized spacial score (nSPS) is 17.7. The highest BCUT2D eigenvalue weighted by atomic mass is 16.6. The molecule has 0 unspecified atom stereocenters. The summed E-state index contributed by atoms with van der Waals surface area (Å²) in [4.78, 5) is 27.6. The fraction of sp³-hybridized carbons (Fsp3) is 0.500. The lowest BCUT2D eigenvalue weighted by Crippen LogP contribution is -2.40. The van der Waals surface area contributed by atoms with E-state index in [4.69, 9.17) is 13.9 Å². The van der Waals surface area contributed by atoms with Crippen molar-refractivity contribution in [3.05, 3.63) is 28.0 Å². The lowest BCUT2D eigenvalue weighted by molar-refractivity contribution is -0.402. The van der Waals surface area contributed by atoms with Gasteiger partial charge in [-0.15, -0.1) is 0 Å². The van der Waals surface area contributed by atoms with E-state index in [0.29, 0.717) is 64.5 Å². The summed E-state index contributed by atoms with van der Waals surface area (Å²) in [6.07, 6.45) is 1.32. The Bertz CT molecular complexity index is 840. The first kappa shape index (κ1) is 19.0. The number of hydrogen-bond acceptors (Lipinski definition) is 12. The number of nitrogens with one attached hydrogen (secondary N) is 1. The van der Waals surface area contributed by atoms with Crippen LogP contribution in [0, 0.1) is 10.1 Å². The van der Waals surface area contributed by atoms with Gasteiger partial charge in [-0.2, -0.15) is 20.1 Å². The van der Waals surface area contributed by atoms with E-state index in [1.54, 1.807) is 0 Å². The van der Waals surface area contributed by atoms with Crippen molar-refractivity contribution in [2.24, 2.45) is 5.10 Å². The Balaban J connectivity index is 1.53. The molecule has 0 atom stereocenters. The Morgan fingerprint density at radius 1 is 1.00 bits per heavy atom. The molecule has 4 rings (SSSR count). The predicted molar refractivity (Wildman–Crippen MR) is 102 cm³/mol. The van der Waals surface area contributed by atoms with Gasteiger partial charge in [-0.05, 0) is 6.07 Å². The molecule has 0 saturated carbocycles. The molecular formula is C16H20N8O5. The van der Waals surface area contributed by atoms with Crippen molar-refractivity contribution in [3.63, 3.8) is 0 Å². The quantitative estimate of drug-likeness (QED) is 0.408. The molecule has 13 heteroatoms. The highest BCUT2D eigenvalue weighted by Gasteiger charge is 2.20. The van der Waals surface area contributed by atoms with Gasteiger partial charge in [0.15, 0.2) is 5.76 Å². The second kappa shape index (κ2) is 8.79. The van der Waals surface area contributed by atoms with Gasteiger partial charge < -0.3 is 23.7 Å². The molecule has 0 aliphatic carbocycles. The Kier molecular flexibility index (Phi) is 5.76.